The molecule has 4 aromatic rings. The molecule has 1 heterocycles. The molecule has 1 fully saturated rings. The Hall–Kier alpha value is -3.96. The van der Waals surface area contributed by atoms with Crippen molar-refractivity contribution < 1.29 is 19.4 Å². The van der Waals surface area contributed by atoms with Crippen molar-refractivity contribution in [2.24, 2.45) is 5.92 Å². The normalized spacial score (nSPS) is 20.0. The number of hydrogen-bond donors (Lipinski definition) is 2. The van der Waals surface area contributed by atoms with Crippen LogP contribution in [0.1, 0.15) is 44.4 Å². The smallest absolute Gasteiger partial charge is 0.167 e. The van der Waals surface area contributed by atoms with Crippen LogP contribution in [0, 0.1) is 24.7 Å². The molecule has 1 radical (unpaired) electrons. The van der Waals surface area contributed by atoms with Crippen LogP contribution in [-0.4, -0.2) is 34.0 Å². The first-order chi connectivity index (χ1) is 17.9. The Kier molecular flexibility index (Phi) is 7.06. The van der Waals surface area contributed by atoms with Crippen LogP contribution in [0.15, 0.2) is 91.0 Å². The largest absolute Gasteiger partial charge is 0.508 e. The highest BCUT2D eigenvalue weighted by molar-refractivity contribution is 5.99. The molecule has 1 aliphatic heterocycles. The lowest BCUT2D eigenvalue weighted by Crippen LogP contribution is -2.47. The van der Waals surface area contributed by atoms with Gasteiger partial charge < -0.3 is 10.2 Å². The fraction of sp³-hybridized carbons (Fsp3) is 0.219. The van der Waals surface area contributed by atoms with Gasteiger partial charge in [0.05, 0.1) is 0 Å². The van der Waals surface area contributed by atoms with Crippen molar-refractivity contribution in [3.63, 3.8) is 0 Å². The number of aromatic hydroxyl groups is 2. The van der Waals surface area contributed by atoms with Gasteiger partial charge in [-0.05, 0) is 53.9 Å². The number of nitrogens with zero attached hydrogens (tertiary/aromatic N) is 1. The van der Waals surface area contributed by atoms with Crippen LogP contribution < -0.4 is 0 Å². The van der Waals surface area contributed by atoms with Crippen LogP contribution >= 0.6 is 0 Å². The van der Waals surface area contributed by atoms with Gasteiger partial charge in [-0.25, -0.2) is 4.39 Å². The third-order valence-electron chi connectivity index (χ3n) is 7.40. The molecule has 3 atom stereocenters. The van der Waals surface area contributed by atoms with E-state index in [0.29, 0.717) is 36.3 Å². The number of phenolic OH excluding ortho intramolecular Hbond substituents is 2. The van der Waals surface area contributed by atoms with Crippen molar-refractivity contribution in [3.05, 3.63) is 131 Å². The Balaban J connectivity index is 1.65. The van der Waals surface area contributed by atoms with Crippen molar-refractivity contribution >= 4 is 5.78 Å². The summed E-state index contributed by atoms with van der Waals surface area (Å²) < 4.78 is 14.8. The number of phenols is 2. The van der Waals surface area contributed by atoms with Crippen molar-refractivity contribution in [1.29, 1.82) is 0 Å². The Morgan fingerprint density at radius 3 is 2.51 bits per heavy atom. The van der Waals surface area contributed by atoms with Crippen molar-refractivity contribution in [1.82, 2.24) is 4.90 Å². The van der Waals surface area contributed by atoms with E-state index in [2.05, 4.69) is 23.1 Å². The standard InChI is InChI=1S/C32H29FNO3/c1-21-25(14-8-15-29(21)33)31-27(26-13-5-6-16-30(26)36)19-34(18-22-9-3-2-4-10-22)20-28(31)32(37)23-11-7-12-24(35)17-23/h2-12,14-17,27-28,31,35-36H,18-20H2,1H3/t27-,28+,31-/m1/s1. The van der Waals surface area contributed by atoms with Gasteiger partial charge in [-0.1, -0.05) is 66.7 Å². The highest BCUT2D eigenvalue weighted by Crippen LogP contribution is 2.47. The minimum absolute atomic E-state index is 0.0203. The first-order valence-electron chi connectivity index (χ1n) is 12.5. The van der Waals surface area contributed by atoms with Crippen molar-refractivity contribution in [3.8, 4) is 11.5 Å². The molecule has 0 aromatic heterocycles. The van der Waals surface area contributed by atoms with E-state index in [1.165, 1.54) is 18.2 Å². The minimum Gasteiger partial charge on any atom is -0.508 e. The molecule has 37 heavy (non-hydrogen) atoms. The number of carbonyl (C=O) groups excluding carboxylic acids is 1. The molecule has 0 amide bonds. The molecule has 0 saturated carbocycles. The molecule has 5 heteroatoms. The maximum atomic E-state index is 14.8. The summed E-state index contributed by atoms with van der Waals surface area (Å²) in [4.78, 5) is 16.3. The van der Waals surface area contributed by atoms with Crippen LogP contribution in [0.4, 0.5) is 4.39 Å². The molecule has 1 saturated heterocycles. The number of halogens is 1. The quantitative estimate of drug-likeness (QED) is 0.312. The molecule has 4 nitrogen and oxygen atoms in total. The number of hydrogen-bond acceptors (Lipinski definition) is 4. The molecule has 1 aliphatic rings. The van der Waals surface area contributed by atoms with E-state index >= 15 is 0 Å². The molecule has 4 aromatic carbocycles. The minimum atomic E-state index is -0.544. The molecule has 0 aliphatic carbocycles. The highest BCUT2D eigenvalue weighted by atomic mass is 19.1. The first kappa shape index (κ1) is 24.7. The SMILES string of the molecule is Cc1c(F)cccc1[C@H]1[C@@H](C(=O)c2cccc(O)c2)CN(Cc2ccccc2)C[C@@H]1c1[c]cccc1O. The number of benzene rings is 4. The number of piperidine rings is 1. The summed E-state index contributed by atoms with van der Waals surface area (Å²) in [6.07, 6.45) is 0. The molecular formula is C32H29FNO3. The Morgan fingerprint density at radius 2 is 1.76 bits per heavy atom. The summed E-state index contributed by atoms with van der Waals surface area (Å²) >= 11 is 0. The summed E-state index contributed by atoms with van der Waals surface area (Å²) in [6.45, 7) is 3.38. The highest BCUT2D eigenvalue weighted by Gasteiger charge is 2.44. The lowest BCUT2D eigenvalue weighted by atomic mass is 9.67. The summed E-state index contributed by atoms with van der Waals surface area (Å²) in [5.74, 6) is -1.58. The maximum Gasteiger partial charge on any atom is 0.167 e. The number of Topliss-reactive ketones (excluding diaryl/α,β-unsaturated/α-hetero) is 1. The lowest BCUT2D eigenvalue weighted by Gasteiger charge is -2.44. The second kappa shape index (κ2) is 10.6. The number of rotatable bonds is 6. The van der Waals surface area contributed by atoms with E-state index in [4.69, 9.17) is 0 Å². The van der Waals surface area contributed by atoms with E-state index in [1.807, 2.05) is 24.3 Å². The molecule has 187 valence electrons. The predicted molar refractivity (Wildman–Crippen MR) is 141 cm³/mol. The average molecular weight is 495 g/mol. The van der Waals surface area contributed by atoms with Gasteiger partial charge in [0, 0.05) is 48.5 Å². The van der Waals surface area contributed by atoms with E-state index in [0.717, 1.165) is 11.1 Å². The second-order valence-electron chi connectivity index (χ2n) is 9.76. The van der Waals surface area contributed by atoms with Gasteiger partial charge in [0.15, 0.2) is 5.78 Å². The zero-order chi connectivity index (χ0) is 25.9. The van der Waals surface area contributed by atoms with E-state index in [9.17, 15) is 19.4 Å². The van der Waals surface area contributed by atoms with Gasteiger partial charge in [-0.2, -0.15) is 0 Å². The zero-order valence-corrected chi connectivity index (χ0v) is 20.6. The van der Waals surface area contributed by atoms with Gasteiger partial charge in [-0.3, -0.25) is 9.69 Å². The van der Waals surface area contributed by atoms with Crippen LogP contribution in [-0.2, 0) is 6.54 Å². The van der Waals surface area contributed by atoms with Gasteiger partial charge in [0.25, 0.3) is 0 Å². The summed E-state index contributed by atoms with van der Waals surface area (Å²) in [7, 11) is 0. The Bertz CT molecular complexity index is 1400. The third kappa shape index (κ3) is 5.13. The fourth-order valence-electron chi connectivity index (χ4n) is 5.66. The van der Waals surface area contributed by atoms with Crippen molar-refractivity contribution in [2.75, 3.05) is 13.1 Å². The van der Waals surface area contributed by atoms with Gasteiger partial charge >= 0.3 is 0 Å². The third-order valence-corrected chi connectivity index (χ3v) is 7.40. The summed E-state index contributed by atoms with van der Waals surface area (Å²) in [6, 6.07) is 29.7. The monoisotopic (exact) mass is 494 g/mol. The Morgan fingerprint density at radius 1 is 0.973 bits per heavy atom. The lowest BCUT2D eigenvalue weighted by molar-refractivity contribution is 0.0723. The fourth-order valence-corrected chi connectivity index (χ4v) is 5.66. The van der Waals surface area contributed by atoms with Gasteiger partial charge in [0.2, 0.25) is 0 Å². The van der Waals surface area contributed by atoms with Crippen LogP contribution in [0.2, 0.25) is 0 Å². The van der Waals surface area contributed by atoms with Crippen LogP contribution in [0.3, 0.4) is 0 Å². The predicted octanol–water partition coefficient (Wildman–Crippen LogP) is 6.23. The number of carbonyl (C=O) groups is 1. The van der Waals surface area contributed by atoms with Crippen LogP contribution in [0.5, 0.6) is 11.5 Å². The average Bonchev–Trinajstić information content (AvgIpc) is 2.90. The van der Waals surface area contributed by atoms with E-state index in [1.54, 1.807) is 43.3 Å². The molecule has 2 N–H and O–H groups in total. The van der Waals surface area contributed by atoms with Crippen molar-refractivity contribution in [2.45, 2.75) is 25.3 Å². The van der Waals surface area contributed by atoms with E-state index in [-0.39, 0.29) is 29.0 Å². The molecule has 5 rings (SSSR count). The van der Waals surface area contributed by atoms with E-state index < -0.39 is 11.8 Å². The molecule has 0 spiro atoms. The van der Waals surface area contributed by atoms with Crippen LogP contribution in [0.25, 0.3) is 0 Å². The first-order valence-corrected chi connectivity index (χ1v) is 12.5. The van der Waals surface area contributed by atoms with Gasteiger partial charge in [0.1, 0.15) is 17.3 Å². The summed E-state index contributed by atoms with van der Waals surface area (Å²) in [5, 5.41) is 21.0. The second-order valence-corrected chi connectivity index (χ2v) is 9.76. The number of likely N-dealkylation sites (tertiary alicyclic amines) is 1. The molecular weight excluding hydrogens is 465 g/mol. The molecule has 0 bridgehead atoms. The zero-order valence-electron chi connectivity index (χ0n) is 20.6. The summed E-state index contributed by atoms with van der Waals surface area (Å²) in [5.41, 5.74) is 3.39. The molecule has 0 unspecified atom stereocenters. The topological polar surface area (TPSA) is 60.8 Å². The van der Waals surface area contributed by atoms with Gasteiger partial charge in [-0.15, -0.1) is 0 Å². The Labute approximate surface area is 216 Å². The number of ketones is 1. The maximum absolute atomic E-state index is 14.8.